The summed E-state index contributed by atoms with van der Waals surface area (Å²) in [5.41, 5.74) is 5.23. The summed E-state index contributed by atoms with van der Waals surface area (Å²) in [6, 6.07) is 0. The van der Waals surface area contributed by atoms with Gasteiger partial charge in [-0.05, 0) is 0 Å². The Morgan fingerprint density at radius 2 is 2.42 bits per heavy atom. The molecule has 0 aliphatic heterocycles. The first-order chi connectivity index (χ1) is 5.59. The Bertz CT molecular complexity index is 316. The van der Waals surface area contributed by atoms with Crippen molar-refractivity contribution in [1.82, 2.24) is 9.97 Å². The van der Waals surface area contributed by atoms with Gasteiger partial charge in [0.15, 0.2) is 0 Å². The Morgan fingerprint density at radius 3 is 3.00 bits per heavy atom. The van der Waals surface area contributed by atoms with E-state index < -0.39 is 5.97 Å². The van der Waals surface area contributed by atoms with E-state index in [1.165, 1.54) is 13.1 Å². The summed E-state index contributed by atoms with van der Waals surface area (Å²) in [6.07, 6.45) is 1.27. The van der Waals surface area contributed by atoms with Crippen LogP contribution in [0.3, 0.4) is 0 Å². The maximum absolute atomic E-state index is 10.5. The van der Waals surface area contributed by atoms with Crippen molar-refractivity contribution in [3.05, 3.63) is 11.2 Å². The molecule has 64 valence electrons. The number of aromatic nitrogens is 2. The quantitative estimate of drug-likeness (QED) is 0.653. The number of hydrogen-bond donors (Lipinski definition) is 1. The van der Waals surface area contributed by atoms with E-state index >= 15 is 0 Å². The second kappa shape index (κ2) is 3.36. The molecule has 0 aliphatic rings. The number of halogens is 1. The number of rotatable bonds is 1. The molecule has 5 nitrogen and oxygen atoms in total. The summed E-state index contributed by atoms with van der Waals surface area (Å²) in [5, 5.41) is 0.152. The van der Waals surface area contributed by atoms with Crippen molar-refractivity contribution >= 4 is 23.5 Å². The zero-order valence-corrected chi connectivity index (χ0v) is 7.00. The first kappa shape index (κ1) is 8.73. The molecule has 2 N–H and O–H groups in total. The maximum Gasteiger partial charge on any atom is 0.309 e. The average Bonchev–Trinajstić information content (AvgIpc) is 1.96. The van der Waals surface area contributed by atoms with E-state index in [4.69, 9.17) is 17.3 Å². The van der Waals surface area contributed by atoms with Crippen LogP contribution in [-0.2, 0) is 4.79 Å². The Labute approximate surface area is 73.5 Å². The van der Waals surface area contributed by atoms with E-state index in [-0.39, 0.29) is 16.9 Å². The van der Waals surface area contributed by atoms with Crippen molar-refractivity contribution in [2.24, 2.45) is 0 Å². The Kier molecular flexibility index (Phi) is 2.44. The lowest BCUT2D eigenvalue weighted by Gasteiger charge is -2.01. The van der Waals surface area contributed by atoms with Crippen molar-refractivity contribution in [2.75, 3.05) is 5.73 Å². The van der Waals surface area contributed by atoms with Gasteiger partial charge in [-0.25, -0.2) is 4.98 Å². The largest absolute Gasteiger partial charge is 0.406 e. The van der Waals surface area contributed by atoms with Gasteiger partial charge in [-0.15, -0.1) is 0 Å². The Hall–Kier alpha value is -1.36. The van der Waals surface area contributed by atoms with Crippen LogP contribution in [0.1, 0.15) is 6.92 Å². The highest BCUT2D eigenvalue weighted by molar-refractivity contribution is 6.31. The molecule has 1 rings (SSSR count). The van der Waals surface area contributed by atoms with Crippen LogP contribution in [0, 0.1) is 0 Å². The fourth-order valence-corrected chi connectivity index (χ4v) is 0.702. The van der Waals surface area contributed by atoms with Crippen LogP contribution >= 0.6 is 11.6 Å². The zero-order chi connectivity index (χ0) is 9.14. The summed E-state index contributed by atoms with van der Waals surface area (Å²) < 4.78 is 4.62. The fraction of sp³-hybridized carbons (Fsp3) is 0.167. The van der Waals surface area contributed by atoms with Crippen LogP contribution in [0.15, 0.2) is 6.20 Å². The number of esters is 1. The van der Waals surface area contributed by atoms with Crippen molar-refractivity contribution in [1.29, 1.82) is 0 Å². The molecule has 1 aromatic rings. The second-order valence-electron chi connectivity index (χ2n) is 1.97. The summed E-state index contributed by atoms with van der Waals surface area (Å²) in [4.78, 5) is 17.7. The average molecular weight is 188 g/mol. The number of hydrogen-bond acceptors (Lipinski definition) is 5. The normalized spacial score (nSPS) is 9.50. The lowest BCUT2D eigenvalue weighted by atomic mass is 10.6. The number of carbonyl (C=O) groups is 1. The summed E-state index contributed by atoms with van der Waals surface area (Å²) in [6.45, 7) is 1.24. The van der Waals surface area contributed by atoms with Gasteiger partial charge in [-0.2, -0.15) is 4.98 Å². The molecule has 1 aromatic heterocycles. The van der Waals surface area contributed by atoms with Crippen molar-refractivity contribution in [3.8, 4) is 5.88 Å². The van der Waals surface area contributed by atoms with Gasteiger partial charge in [0.2, 0.25) is 11.8 Å². The highest BCUT2D eigenvalue weighted by Crippen LogP contribution is 2.20. The van der Waals surface area contributed by atoms with Gasteiger partial charge in [0.25, 0.3) is 0 Å². The summed E-state index contributed by atoms with van der Waals surface area (Å²) >= 11 is 5.58. The zero-order valence-electron chi connectivity index (χ0n) is 6.24. The molecule has 0 radical (unpaired) electrons. The first-order valence-corrected chi connectivity index (χ1v) is 3.44. The predicted octanol–water partition coefficient (Wildman–Crippen LogP) is 0.637. The molecule has 0 aromatic carbocycles. The van der Waals surface area contributed by atoms with E-state index in [9.17, 15) is 4.79 Å². The van der Waals surface area contributed by atoms with Gasteiger partial charge in [0.1, 0.15) is 5.02 Å². The molecule has 0 atom stereocenters. The molecule has 0 saturated carbocycles. The molecule has 0 bridgehead atoms. The van der Waals surface area contributed by atoms with Crippen molar-refractivity contribution in [3.63, 3.8) is 0 Å². The summed E-state index contributed by atoms with van der Waals surface area (Å²) in [7, 11) is 0. The number of nitrogen functional groups attached to an aromatic ring is 1. The smallest absolute Gasteiger partial charge is 0.309 e. The topological polar surface area (TPSA) is 78.1 Å². The predicted molar refractivity (Wildman–Crippen MR) is 42.8 cm³/mol. The van der Waals surface area contributed by atoms with E-state index in [1.54, 1.807) is 0 Å². The molecule has 0 aliphatic carbocycles. The molecule has 12 heavy (non-hydrogen) atoms. The van der Waals surface area contributed by atoms with Crippen molar-refractivity contribution < 1.29 is 9.53 Å². The highest BCUT2D eigenvalue weighted by atomic mass is 35.5. The minimum Gasteiger partial charge on any atom is -0.406 e. The standard InChI is InChI=1S/C6H6ClN3O2/c1-3(11)12-5-4(7)2-9-6(8)10-5/h2H,1H3,(H2,8,9,10). The lowest BCUT2D eigenvalue weighted by molar-refractivity contribution is -0.132. The molecule has 0 fully saturated rings. The number of anilines is 1. The van der Waals surface area contributed by atoms with Crippen LogP contribution in [0.4, 0.5) is 5.95 Å². The Balaban J connectivity index is 2.97. The van der Waals surface area contributed by atoms with E-state index in [0.29, 0.717) is 0 Å². The van der Waals surface area contributed by atoms with Gasteiger partial charge in [0, 0.05) is 6.92 Å². The maximum atomic E-state index is 10.5. The fourth-order valence-electron chi connectivity index (χ4n) is 0.572. The van der Waals surface area contributed by atoms with E-state index in [1.807, 2.05) is 0 Å². The van der Waals surface area contributed by atoms with E-state index in [2.05, 4.69) is 14.7 Å². The molecule has 0 unspecified atom stereocenters. The van der Waals surface area contributed by atoms with Crippen LogP contribution in [0.25, 0.3) is 0 Å². The molecule has 0 amide bonds. The van der Waals surface area contributed by atoms with Crippen LogP contribution in [0.2, 0.25) is 5.02 Å². The monoisotopic (exact) mass is 187 g/mol. The number of nitrogens with zero attached hydrogens (tertiary/aromatic N) is 2. The number of ether oxygens (including phenoxy) is 1. The molecule has 0 saturated heterocycles. The SMILES string of the molecule is CC(=O)Oc1nc(N)ncc1Cl. The van der Waals surface area contributed by atoms with Crippen molar-refractivity contribution in [2.45, 2.75) is 6.92 Å². The highest BCUT2D eigenvalue weighted by Gasteiger charge is 2.06. The minimum atomic E-state index is -0.505. The third-order valence-electron chi connectivity index (χ3n) is 0.971. The van der Waals surface area contributed by atoms with Gasteiger partial charge in [-0.1, -0.05) is 11.6 Å². The third-order valence-corrected chi connectivity index (χ3v) is 1.23. The van der Waals surface area contributed by atoms with Gasteiger partial charge >= 0.3 is 5.97 Å². The molecule has 6 heteroatoms. The lowest BCUT2D eigenvalue weighted by Crippen LogP contribution is -2.05. The second-order valence-corrected chi connectivity index (χ2v) is 2.38. The molecular weight excluding hydrogens is 182 g/mol. The summed E-state index contributed by atoms with van der Waals surface area (Å²) in [5.74, 6) is -0.512. The molecule has 0 spiro atoms. The third kappa shape index (κ3) is 2.06. The Morgan fingerprint density at radius 1 is 1.75 bits per heavy atom. The first-order valence-electron chi connectivity index (χ1n) is 3.06. The van der Waals surface area contributed by atoms with Gasteiger partial charge in [0.05, 0.1) is 6.20 Å². The van der Waals surface area contributed by atoms with Crippen LogP contribution in [0.5, 0.6) is 5.88 Å². The van der Waals surface area contributed by atoms with Gasteiger partial charge < -0.3 is 10.5 Å². The molecule has 1 heterocycles. The van der Waals surface area contributed by atoms with Crippen LogP contribution in [-0.4, -0.2) is 15.9 Å². The molecular formula is C6H6ClN3O2. The number of nitrogens with two attached hydrogens (primary N) is 1. The minimum absolute atomic E-state index is 0.00986. The van der Waals surface area contributed by atoms with Gasteiger partial charge in [-0.3, -0.25) is 4.79 Å². The number of carbonyl (C=O) groups excluding carboxylic acids is 1. The van der Waals surface area contributed by atoms with E-state index in [0.717, 1.165) is 0 Å². The van der Waals surface area contributed by atoms with Crippen LogP contribution < -0.4 is 10.5 Å².